The third-order valence-electron chi connectivity index (χ3n) is 2.73. The first kappa shape index (κ1) is 14.9. The molecule has 0 heterocycles. The Bertz CT molecular complexity index is 164. The van der Waals surface area contributed by atoms with Gasteiger partial charge in [-0.05, 0) is 30.2 Å². The van der Waals surface area contributed by atoms with E-state index in [1.807, 2.05) is 0 Å². The van der Waals surface area contributed by atoms with Crippen molar-refractivity contribution in [3.05, 3.63) is 0 Å². The summed E-state index contributed by atoms with van der Waals surface area (Å²) in [6.07, 6.45) is 2.01. The lowest BCUT2D eigenvalue weighted by atomic mass is 9.84. The van der Waals surface area contributed by atoms with Crippen molar-refractivity contribution >= 4 is 0 Å². The fraction of sp³-hybridized carbons (Fsp3) is 1.00. The van der Waals surface area contributed by atoms with E-state index >= 15 is 0 Å². The first-order chi connectivity index (χ1) is 6.67. The lowest BCUT2D eigenvalue weighted by Gasteiger charge is -2.32. The molecule has 1 unspecified atom stereocenters. The topological polar surface area (TPSA) is 32.3 Å². The number of hydrogen-bond donors (Lipinski definition) is 2. The van der Waals surface area contributed by atoms with E-state index in [-0.39, 0.29) is 12.0 Å². The molecule has 92 valence electrons. The van der Waals surface area contributed by atoms with Crippen LogP contribution in [0.3, 0.4) is 0 Å². The van der Waals surface area contributed by atoms with Crippen molar-refractivity contribution in [2.24, 2.45) is 10.8 Å². The Morgan fingerprint density at radius 2 is 1.60 bits per heavy atom. The van der Waals surface area contributed by atoms with Crippen molar-refractivity contribution in [2.45, 2.75) is 60.4 Å². The van der Waals surface area contributed by atoms with Crippen LogP contribution in [0.15, 0.2) is 0 Å². The van der Waals surface area contributed by atoms with E-state index in [9.17, 15) is 0 Å². The highest BCUT2D eigenvalue weighted by atomic mass is 16.3. The van der Waals surface area contributed by atoms with Gasteiger partial charge in [-0.25, -0.2) is 0 Å². The molecule has 0 aromatic carbocycles. The third-order valence-corrected chi connectivity index (χ3v) is 2.73. The zero-order chi connectivity index (χ0) is 12.1. The number of rotatable bonds is 5. The Kier molecular flexibility index (Phi) is 5.82. The summed E-state index contributed by atoms with van der Waals surface area (Å²) in [5.74, 6) is 0. The van der Waals surface area contributed by atoms with Gasteiger partial charge in [0.15, 0.2) is 0 Å². The van der Waals surface area contributed by atoms with Crippen LogP contribution in [-0.2, 0) is 0 Å². The van der Waals surface area contributed by atoms with Crippen LogP contribution in [0, 0.1) is 10.8 Å². The molecule has 2 heteroatoms. The number of nitrogens with one attached hydrogen (secondary N) is 1. The van der Waals surface area contributed by atoms with Crippen LogP contribution in [0.5, 0.6) is 0 Å². The molecule has 0 aliphatic carbocycles. The highest BCUT2D eigenvalue weighted by Crippen LogP contribution is 2.23. The van der Waals surface area contributed by atoms with Gasteiger partial charge in [0.05, 0.1) is 0 Å². The van der Waals surface area contributed by atoms with Crippen LogP contribution in [-0.4, -0.2) is 24.3 Å². The highest BCUT2D eigenvalue weighted by molar-refractivity contribution is 4.80. The normalized spacial score (nSPS) is 15.4. The van der Waals surface area contributed by atoms with E-state index in [4.69, 9.17) is 5.11 Å². The standard InChI is InChI=1S/C13H29NO/c1-12(2,3)8-9-14-11(7-10-15)13(4,5)6/h11,14-15H,7-10H2,1-6H3. The summed E-state index contributed by atoms with van der Waals surface area (Å²) in [6.45, 7) is 14.7. The second kappa shape index (κ2) is 5.86. The van der Waals surface area contributed by atoms with Crippen molar-refractivity contribution in [2.75, 3.05) is 13.2 Å². The molecule has 0 radical (unpaired) electrons. The second-order valence-corrected chi connectivity index (χ2v) is 6.70. The minimum Gasteiger partial charge on any atom is -0.396 e. The Hall–Kier alpha value is -0.0800. The monoisotopic (exact) mass is 215 g/mol. The molecule has 0 fully saturated rings. The fourth-order valence-corrected chi connectivity index (χ4v) is 1.59. The van der Waals surface area contributed by atoms with Gasteiger partial charge in [0.25, 0.3) is 0 Å². The molecule has 0 saturated carbocycles. The summed E-state index contributed by atoms with van der Waals surface area (Å²) in [5.41, 5.74) is 0.606. The maximum absolute atomic E-state index is 9.02. The van der Waals surface area contributed by atoms with E-state index in [2.05, 4.69) is 46.9 Å². The first-order valence-corrected chi connectivity index (χ1v) is 6.01. The largest absolute Gasteiger partial charge is 0.396 e. The molecule has 1 atom stereocenters. The van der Waals surface area contributed by atoms with E-state index < -0.39 is 0 Å². The summed E-state index contributed by atoms with van der Waals surface area (Å²) in [4.78, 5) is 0. The van der Waals surface area contributed by atoms with E-state index in [0.29, 0.717) is 11.5 Å². The molecular formula is C13H29NO. The Morgan fingerprint density at radius 1 is 1.07 bits per heavy atom. The molecule has 0 aromatic rings. The molecule has 0 aromatic heterocycles. The predicted octanol–water partition coefficient (Wildman–Crippen LogP) is 2.81. The first-order valence-electron chi connectivity index (χ1n) is 6.01. The highest BCUT2D eigenvalue weighted by Gasteiger charge is 2.23. The van der Waals surface area contributed by atoms with Crippen molar-refractivity contribution < 1.29 is 5.11 Å². The zero-order valence-electron chi connectivity index (χ0n) is 11.4. The molecular weight excluding hydrogens is 186 g/mol. The number of hydrogen-bond acceptors (Lipinski definition) is 2. The molecule has 0 amide bonds. The fourth-order valence-electron chi connectivity index (χ4n) is 1.59. The van der Waals surface area contributed by atoms with E-state index in [1.54, 1.807) is 0 Å². The van der Waals surface area contributed by atoms with Crippen LogP contribution in [0.4, 0.5) is 0 Å². The van der Waals surface area contributed by atoms with Crippen LogP contribution in [0.1, 0.15) is 54.4 Å². The van der Waals surface area contributed by atoms with Gasteiger partial charge in [-0.3, -0.25) is 0 Å². The Labute approximate surface area is 95.5 Å². The predicted molar refractivity (Wildman–Crippen MR) is 67.0 cm³/mol. The van der Waals surface area contributed by atoms with Crippen LogP contribution >= 0.6 is 0 Å². The van der Waals surface area contributed by atoms with Crippen molar-refractivity contribution in [1.82, 2.24) is 5.32 Å². The summed E-state index contributed by atoms with van der Waals surface area (Å²) in [5, 5.41) is 12.6. The molecule has 0 rings (SSSR count). The molecule has 0 aliphatic rings. The summed E-state index contributed by atoms with van der Waals surface area (Å²) in [6, 6.07) is 0.407. The van der Waals surface area contributed by atoms with Gasteiger partial charge in [-0.2, -0.15) is 0 Å². The molecule has 0 saturated heterocycles. The lowest BCUT2D eigenvalue weighted by molar-refractivity contribution is 0.192. The second-order valence-electron chi connectivity index (χ2n) is 6.70. The molecule has 0 spiro atoms. The molecule has 15 heavy (non-hydrogen) atoms. The number of aliphatic hydroxyl groups is 1. The summed E-state index contributed by atoms with van der Waals surface area (Å²) in [7, 11) is 0. The quantitative estimate of drug-likeness (QED) is 0.739. The van der Waals surface area contributed by atoms with Gasteiger partial charge in [-0.15, -0.1) is 0 Å². The minimum absolute atomic E-state index is 0.223. The van der Waals surface area contributed by atoms with Crippen molar-refractivity contribution in [3.8, 4) is 0 Å². The average molecular weight is 215 g/mol. The maximum Gasteiger partial charge on any atom is 0.0446 e. The van der Waals surface area contributed by atoms with Crippen LogP contribution in [0.25, 0.3) is 0 Å². The molecule has 0 aliphatic heterocycles. The molecule has 2 N–H and O–H groups in total. The maximum atomic E-state index is 9.02. The van der Waals surface area contributed by atoms with Gasteiger partial charge in [0.2, 0.25) is 0 Å². The molecule has 0 bridgehead atoms. The van der Waals surface area contributed by atoms with E-state index in [0.717, 1.165) is 13.0 Å². The van der Waals surface area contributed by atoms with Gasteiger partial charge >= 0.3 is 0 Å². The van der Waals surface area contributed by atoms with Crippen LogP contribution in [0.2, 0.25) is 0 Å². The van der Waals surface area contributed by atoms with Crippen molar-refractivity contribution in [3.63, 3.8) is 0 Å². The van der Waals surface area contributed by atoms with Gasteiger partial charge in [0, 0.05) is 12.6 Å². The third kappa shape index (κ3) is 7.80. The SMILES string of the molecule is CC(C)(C)CCNC(CCO)C(C)(C)C. The summed E-state index contributed by atoms with van der Waals surface area (Å²) >= 11 is 0. The van der Waals surface area contributed by atoms with E-state index in [1.165, 1.54) is 6.42 Å². The smallest absolute Gasteiger partial charge is 0.0446 e. The Balaban J connectivity index is 3.98. The zero-order valence-corrected chi connectivity index (χ0v) is 11.4. The Morgan fingerprint density at radius 3 is 1.93 bits per heavy atom. The lowest BCUT2D eigenvalue weighted by Crippen LogP contribution is -2.42. The number of aliphatic hydroxyl groups excluding tert-OH is 1. The summed E-state index contributed by atoms with van der Waals surface area (Å²) < 4.78 is 0. The minimum atomic E-state index is 0.223. The average Bonchev–Trinajstić information content (AvgIpc) is 1.98. The van der Waals surface area contributed by atoms with Crippen LogP contribution < -0.4 is 5.32 Å². The van der Waals surface area contributed by atoms with Crippen molar-refractivity contribution in [1.29, 1.82) is 0 Å². The van der Waals surface area contributed by atoms with Gasteiger partial charge in [-0.1, -0.05) is 41.5 Å². The van der Waals surface area contributed by atoms with Gasteiger partial charge in [0.1, 0.15) is 0 Å². The van der Waals surface area contributed by atoms with Gasteiger partial charge < -0.3 is 10.4 Å². The molecule has 2 nitrogen and oxygen atoms in total.